The van der Waals surface area contributed by atoms with Crippen LogP contribution in [0.5, 0.6) is 0 Å². The first kappa shape index (κ1) is 15.1. The van der Waals surface area contributed by atoms with Crippen molar-refractivity contribution in [1.29, 1.82) is 0 Å². The predicted molar refractivity (Wildman–Crippen MR) is 75.4 cm³/mol. The molecule has 0 aliphatic heterocycles. The molecule has 0 heterocycles. The monoisotopic (exact) mass is 289 g/mol. The molecule has 3 nitrogen and oxygen atoms in total. The van der Waals surface area contributed by atoms with Crippen molar-refractivity contribution in [1.82, 2.24) is 0 Å². The van der Waals surface area contributed by atoms with Crippen molar-refractivity contribution >= 4 is 34.9 Å². The van der Waals surface area contributed by atoms with E-state index in [1.54, 1.807) is 18.2 Å². The van der Waals surface area contributed by atoms with E-state index in [4.69, 9.17) is 27.9 Å². The highest BCUT2D eigenvalue weighted by atomic mass is 35.5. The minimum atomic E-state index is -0.381. The van der Waals surface area contributed by atoms with E-state index in [0.717, 1.165) is 12.8 Å². The molecular formula is C13H17Cl2NO2. The summed E-state index contributed by atoms with van der Waals surface area (Å²) in [6.07, 6.45) is 2.67. The lowest BCUT2D eigenvalue weighted by molar-refractivity contribution is -0.141. The number of unbranched alkanes of at least 4 members (excludes halogenated alkanes) is 1. The Balaban J connectivity index is 2.78. The number of methoxy groups -OCH3 is 1. The van der Waals surface area contributed by atoms with Crippen molar-refractivity contribution in [3.8, 4) is 0 Å². The Morgan fingerprint density at radius 3 is 2.72 bits per heavy atom. The second kappa shape index (κ2) is 7.49. The van der Waals surface area contributed by atoms with E-state index in [9.17, 15) is 4.79 Å². The molecule has 1 aromatic carbocycles. The summed E-state index contributed by atoms with van der Waals surface area (Å²) in [6, 6.07) is 4.74. The van der Waals surface area contributed by atoms with Crippen LogP contribution in [0.1, 0.15) is 26.2 Å². The van der Waals surface area contributed by atoms with Crippen LogP contribution in [0.4, 0.5) is 5.69 Å². The first-order valence-corrected chi connectivity index (χ1v) is 6.63. The van der Waals surface area contributed by atoms with Crippen molar-refractivity contribution in [2.75, 3.05) is 12.4 Å². The van der Waals surface area contributed by atoms with Gasteiger partial charge in [0.05, 0.1) is 17.8 Å². The number of nitrogens with one attached hydrogen (secondary N) is 1. The van der Waals surface area contributed by atoms with Gasteiger partial charge < -0.3 is 10.1 Å². The van der Waals surface area contributed by atoms with E-state index >= 15 is 0 Å². The summed E-state index contributed by atoms with van der Waals surface area (Å²) in [5.41, 5.74) is 0.688. The van der Waals surface area contributed by atoms with Crippen LogP contribution in [0.2, 0.25) is 10.0 Å². The molecule has 0 amide bonds. The van der Waals surface area contributed by atoms with Gasteiger partial charge in [0.25, 0.3) is 0 Å². The van der Waals surface area contributed by atoms with Crippen molar-refractivity contribution < 1.29 is 9.53 Å². The summed E-state index contributed by atoms with van der Waals surface area (Å²) < 4.78 is 4.77. The molecule has 0 spiro atoms. The summed E-state index contributed by atoms with van der Waals surface area (Å²) >= 11 is 11.9. The van der Waals surface area contributed by atoms with Crippen LogP contribution in [0.3, 0.4) is 0 Å². The summed E-state index contributed by atoms with van der Waals surface area (Å²) in [5, 5.41) is 4.15. The number of hydrogen-bond acceptors (Lipinski definition) is 3. The summed E-state index contributed by atoms with van der Waals surface area (Å²) in [7, 11) is 1.38. The highest BCUT2D eigenvalue weighted by molar-refractivity contribution is 6.36. The maximum absolute atomic E-state index is 11.6. The lowest BCUT2D eigenvalue weighted by Gasteiger charge is -2.18. The van der Waals surface area contributed by atoms with E-state index in [1.165, 1.54) is 7.11 Å². The number of carbonyl (C=O) groups is 1. The molecule has 1 aromatic rings. The topological polar surface area (TPSA) is 38.3 Å². The van der Waals surface area contributed by atoms with Crippen LogP contribution >= 0.6 is 23.2 Å². The SMILES string of the molecule is CCCCC(Nc1ccc(Cl)cc1Cl)C(=O)OC. The van der Waals surface area contributed by atoms with Crippen LogP contribution in [-0.2, 0) is 9.53 Å². The average molecular weight is 290 g/mol. The van der Waals surface area contributed by atoms with Crippen LogP contribution in [0, 0.1) is 0 Å². The smallest absolute Gasteiger partial charge is 0.328 e. The molecule has 1 unspecified atom stereocenters. The standard InChI is InChI=1S/C13H17Cl2NO2/c1-3-4-5-12(13(17)18-2)16-11-7-6-9(14)8-10(11)15/h6-8,12,16H,3-5H2,1-2H3. The van der Waals surface area contributed by atoms with Gasteiger partial charge in [-0.1, -0.05) is 43.0 Å². The highest BCUT2D eigenvalue weighted by Gasteiger charge is 2.19. The van der Waals surface area contributed by atoms with Crippen molar-refractivity contribution in [3.63, 3.8) is 0 Å². The number of hydrogen-bond donors (Lipinski definition) is 1. The van der Waals surface area contributed by atoms with Crippen LogP contribution in [-0.4, -0.2) is 19.1 Å². The molecule has 0 aliphatic carbocycles. The molecule has 18 heavy (non-hydrogen) atoms. The van der Waals surface area contributed by atoms with Gasteiger partial charge in [0.2, 0.25) is 0 Å². The third-order valence-corrected chi connectivity index (χ3v) is 3.14. The van der Waals surface area contributed by atoms with Gasteiger partial charge in [0.15, 0.2) is 0 Å². The van der Waals surface area contributed by atoms with E-state index in [2.05, 4.69) is 12.2 Å². The Morgan fingerprint density at radius 2 is 2.17 bits per heavy atom. The number of carbonyl (C=O) groups excluding carboxylic acids is 1. The zero-order valence-corrected chi connectivity index (χ0v) is 12.0. The molecule has 1 N–H and O–H groups in total. The lowest BCUT2D eigenvalue weighted by atomic mass is 10.1. The van der Waals surface area contributed by atoms with Crippen molar-refractivity contribution in [2.24, 2.45) is 0 Å². The molecule has 0 fully saturated rings. The third-order valence-electron chi connectivity index (χ3n) is 2.59. The van der Waals surface area contributed by atoms with Gasteiger partial charge in [0, 0.05) is 5.02 Å². The summed E-state index contributed by atoms with van der Waals surface area (Å²) in [4.78, 5) is 11.6. The predicted octanol–water partition coefficient (Wildman–Crippen LogP) is 4.14. The normalized spacial score (nSPS) is 12.0. The van der Waals surface area contributed by atoms with E-state index in [0.29, 0.717) is 22.2 Å². The van der Waals surface area contributed by atoms with E-state index in [1.807, 2.05) is 0 Å². The van der Waals surface area contributed by atoms with Gasteiger partial charge in [-0.3, -0.25) is 0 Å². The number of benzene rings is 1. The number of rotatable bonds is 6. The van der Waals surface area contributed by atoms with Crippen LogP contribution in [0.15, 0.2) is 18.2 Å². The number of esters is 1. The van der Waals surface area contributed by atoms with E-state index in [-0.39, 0.29) is 12.0 Å². The molecule has 100 valence electrons. The Kier molecular flexibility index (Phi) is 6.30. The van der Waals surface area contributed by atoms with Crippen molar-refractivity contribution in [3.05, 3.63) is 28.2 Å². The highest BCUT2D eigenvalue weighted by Crippen LogP contribution is 2.26. The number of anilines is 1. The fraction of sp³-hybridized carbons (Fsp3) is 0.462. The second-order valence-electron chi connectivity index (χ2n) is 3.99. The van der Waals surface area contributed by atoms with Gasteiger partial charge in [-0.05, 0) is 24.6 Å². The zero-order valence-electron chi connectivity index (χ0n) is 10.5. The summed E-state index contributed by atoms with van der Waals surface area (Å²) in [6.45, 7) is 2.07. The number of halogens is 2. The van der Waals surface area contributed by atoms with Gasteiger partial charge in [-0.15, -0.1) is 0 Å². The molecule has 0 bridgehead atoms. The van der Waals surface area contributed by atoms with Gasteiger partial charge in [-0.2, -0.15) is 0 Å². The first-order valence-electron chi connectivity index (χ1n) is 5.88. The molecule has 0 aliphatic rings. The zero-order chi connectivity index (χ0) is 13.5. The fourth-order valence-corrected chi connectivity index (χ4v) is 2.06. The fourth-order valence-electron chi connectivity index (χ4n) is 1.59. The molecule has 1 rings (SSSR count). The Bertz CT molecular complexity index is 410. The molecule has 0 aromatic heterocycles. The van der Waals surface area contributed by atoms with Gasteiger partial charge in [-0.25, -0.2) is 4.79 Å². The second-order valence-corrected chi connectivity index (χ2v) is 4.83. The molecule has 0 radical (unpaired) electrons. The van der Waals surface area contributed by atoms with Crippen LogP contribution < -0.4 is 5.32 Å². The van der Waals surface area contributed by atoms with Gasteiger partial charge in [0.1, 0.15) is 6.04 Å². The number of ether oxygens (including phenoxy) is 1. The van der Waals surface area contributed by atoms with Gasteiger partial charge >= 0.3 is 5.97 Å². The Morgan fingerprint density at radius 1 is 1.44 bits per heavy atom. The molecule has 0 saturated carbocycles. The van der Waals surface area contributed by atoms with Crippen molar-refractivity contribution in [2.45, 2.75) is 32.2 Å². The molecule has 0 saturated heterocycles. The first-order chi connectivity index (χ1) is 8.58. The molecular weight excluding hydrogens is 273 g/mol. The van der Waals surface area contributed by atoms with Crippen LogP contribution in [0.25, 0.3) is 0 Å². The maximum Gasteiger partial charge on any atom is 0.328 e. The molecule has 1 atom stereocenters. The average Bonchev–Trinajstić information content (AvgIpc) is 2.36. The minimum Gasteiger partial charge on any atom is -0.467 e. The molecule has 5 heteroatoms. The Hall–Kier alpha value is -0.930. The minimum absolute atomic E-state index is 0.283. The largest absolute Gasteiger partial charge is 0.467 e. The maximum atomic E-state index is 11.6. The van der Waals surface area contributed by atoms with E-state index < -0.39 is 0 Å². The Labute approximate surface area is 117 Å². The lowest BCUT2D eigenvalue weighted by Crippen LogP contribution is -2.30. The quantitative estimate of drug-likeness (QED) is 0.800. The summed E-state index contributed by atoms with van der Waals surface area (Å²) in [5.74, 6) is -0.283. The third kappa shape index (κ3) is 4.39.